The Morgan fingerprint density at radius 3 is 1.61 bits per heavy atom. The van der Waals surface area contributed by atoms with Gasteiger partial charge in [0.1, 0.15) is 0 Å². The molecule has 0 spiro atoms. The molecule has 0 amide bonds. The van der Waals surface area contributed by atoms with E-state index in [0.29, 0.717) is 0 Å². The molecule has 3 aliphatic rings. The average molecular weight is 991 g/mol. The molecule has 0 fully saturated rings. The van der Waals surface area contributed by atoms with Gasteiger partial charge in [-0.3, -0.25) is 0 Å². The fraction of sp³-hybridized carbons (Fsp3) is 0.371. The number of fused-ring (bicyclic) bond motifs is 7. The maximum Gasteiger partial charge on any atom is 0.264 e. The zero-order chi connectivity index (χ0) is 53.0. The van der Waals surface area contributed by atoms with Crippen LogP contribution in [0.3, 0.4) is 0 Å². The van der Waals surface area contributed by atoms with Gasteiger partial charge >= 0.3 is 0 Å². The third kappa shape index (κ3) is 8.19. The molecule has 0 N–H and O–H groups in total. The summed E-state index contributed by atoms with van der Waals surface area (Å²) < 4.78 is 2.77. The van der Waals surface area contributed by atoms with Gasteiger partial charge in [-0.25, -0.2) is 0 Å². The van der Waals surface area contributed by atoms with E-state index < -0.39 is 0 Å². The van der Waals surface area contributed by atoms with Gasteiger partial charge in [0.05, 0.1) is 11.4 Å². The largest absolute Gasteiger partial charge is 0.311 e. The third-order valence-corrected chi connectivity index (χ3v) is 18.6. The van der Waals surface area contributed by atoms with Crippen molar-refractivity contribution in [2.45, 2.75) is 170 Å². The highest BCUT2D eigenvalue weighted by Gasteiger charge is 2.47. The lowest BCUT2D eigenvalue weighted by molar-refractivity contribution is 0.332. The Labute approximate surface area is 449 Å². The highest BCUT2D eigenvalue weighted by atomic mass is 32.1. The lowest BCUT2D eigenvalue weighted by Crippen LogP contribution is -2.60. The average Bonchev–Trinajstić information content (AvgIpc) is 3.70. The predicted octanol–water partition coefficient (Wildman–Crippen LogP) is 18.5. The minimum Gasteiger partial charge on any atom is -0.311 e. The summed E-state index contributed by atoms with van der Waals surface area (Å²) in [4.78, 5) is 5.40. The zero-order valence-electron chi connectivity index (χ0n) is 47.9. The first-order valence-corrected chi connectivity index (χ1v) is 28.3. The summed E-state index contributed by atoms with van der Waals surface area (Å²) in [5, 5.41) is 1.33. The van der Waals surface area contributed by atoms with Gasteiger partial charge in [-0.15, -0.1) is 11.3 Å². The first kappa shape index (κ1) is 50.3. The maximum atomic E-state index is 2.72. The Bertz CT molecular complexity index is 3550. The van der Waals surface area contributed by atoms with Crippen LogP contribution in [0.25, 0.3) is 32.3 Å². The van der Waals surface area contributed by atoms with Gasteiger partial charge in [-0.2, -0.15) is 0 Å². The molecule has 0 saturated carbocycles. The first-order chi connectivity index (χ1) is 34.5. The topological polar surface area (TPSA) is 6.48 Å². The van der Waals surface area contributed by atoms with Crippen LogP contribution in [0.5, 0.6) is 0 Å². The van der Waals surface area contributed by atoms with Crippen molar-refractivity contribution in [2.75, 3.05) is 9.80 Å². The van der Waals surface area contributed by atoms with E-state index in [1.807, 2.05) is 11.3 Å². The molecular formula is C70H79BN2S. The summed E-state index contributed by atoms with van der Waals surface area (Å²) in [5.41, 5.74) is 26.4. The van der Waals surface area contributed by atoms with Gasteiger partial charge in [-0.1, -0.05) is 190 Å². The Kier molecular flexibility index (Phi) is 11.4. The molecular weight excluding hydrogens is 912 g/mol. The second-order valence-corrected chi connectivity index (χ2v) is 29.0. The quantitative estimate of drug-likeness (QED) is 0.162. The van der Waals surface area contributed by atoms with E-state index in [1.54, 1.807) is 0 Å². The Hall–Kier alpha value is -5.84. The van der Waals surface area contributed by atoms with E-state index in [9.17, 15) is 0 Å². The molecule has 2 nitrogen and oxygen atoms in total. The summed E-state index contributed by atoms with van der Waals surface area (Å²) in [5.74, 6) is 0. The molecule has 4 heteroatoms. The molecule has 0 unspecified atom stereocenters. The molecule has 74 heavy (non-hydrogen) atoms. The third-order valence-electron chi connectivity index (χ3n) is 17.4. The van der Waals surface area contributed by atoms with E-state index in [0.717, 1.165) is 6.42 Å². The summed E-state index contributed by atoms with van der Waals surface area (Å²) >= 11 is 2.02. The van der Waals surface area contributed by atoms with Gasteiger partial charge in [0.15, 0.2) is 0 Å². The highest BCUT2D eigenvalue weighted by Crippen LogP contribution is 2.54. The van der Waals surface area contributed by atoms with Gasteiger partial charge in [-0.05, 0) is 180 Å². The fourth-order valence-corrected chi connectivity index (χ4v) is 14.0. The van der Waals surface area contributed by atoms with Crippen molar-refractivity contribution in [3.8, 4) is 22.3 Å². The normalized spacial score (nSPS) is 16.0. The molecule has 0 saturated heterocycles. The molecule has 0 bridgehead atoms. The van der Waals surface area contributed by atoms with Crippen molar-refractivity contribution < 1.29 is 0 Å². The van der Waals surface area contributed by atoms with Gasteiger partial charge in [0.25, 0.3) is 6.71 Å². The van der Waals surface area contributed by atoms with Crippen molar-refractivity contribution in [3.63, 3.8) is 0 Å². The Morgan fingerprint density at radius 2 is 1.00 bits per heavy atom. The second-order valence-electron chi connectivity index (χ2n) is 27.9. The first-order valence-electron chi connectivity index (χ1n) is 27.5. The van der Waals surface area contributed by atoms with E-state index in [4.69, 9.17) is 0 Å². The van der Waals surface area contributed by atoms with Crippen molar-refractivity contribution >= 4 is 78.0 Å². The molecule has 7 aromatic carbocycles. The van der Waals surface area contributed by atoms with Crippen LogP contribution >= 0.6 is 11.3 Å². The van der Waals surface area contributed by atoms with Crippen LogP contribution in [-0.2, 0) is 32.5 Å². The number of thiophene rings is 1. The zero-order valence-corrected chi connectivity index (χ0v) is 48.7. The smallest absolute Gasteiger partial charge is 0.264 e. The van der Waals surface area contributed by atoms with Crippen molar-refractivity contribution in [1.29, 1.82) is 0 Å². The summed E-state index contributed by atoms with van der Waals surface area (Å²) in [6.07, 6.45) is 2.35. The van der Waals surface area contributed by atoms with Crippen LogP contribution in [-0.4, -0.2) is 6.71 Å². The Balaban J connectivity index is 1.31. The second kappa shape index (κ2) is 16.8. The lowest BCUT2D eigenvalue weighted by atomic mass is 9.36. The lowest BCUT2D eigenvalue weighted by Gasteiger charge is -2.45. The molecule has 11 rings (SSSR count). The maximum absolute atomic E-state index is 2.72. The summed E-state index contributed by atoms with van der Waals surface area (Å²) in [6.45, 7) is 42.6. The molecule has 0 radical (unpaired) electrons. The number of nitrogens with zero attached hydrogens (tertiary/aromatic N) is 2. The Morgan fingerprint density at radius 1 is 0.473 bits per heavy atom. The molecule has 1 aromatic heterocycles. The summed E-state index contributed by atoms with van der Waals surface area (Å²) in [7, 11) is 0. The van der Waals surface area contributed by atoms with Crippen LogP contribution < -0.4 is 25.5 Å². The number of hydrogen-bond acceptors (Lipinski definition) is 3. The molecule has 0 atom stereocenters. The molecule has 3 heterocycles. The fourth-order valence-electron chi connectivity index (χ4n) is 12.7. The van der Waals surface area contributed by atoms with Crippen molar-refractivity contribution in [3.05, 3.63) is 172 Å². The van der Waals surface area contributed by atoms with Crippen LogP contribution in [0.4, 0.5) is 34.1 Å². The van der Waals surface area contributed by atoms with Crippen molar-refractivity contribution in [1.82, 2.24) is 0 Å². The van der Waals surface area contributed by atoms with E-state index in [1.165, 1.54) is 133 Å². The van der Waals surface area contributed by atoms with Crippen LogP contribution in [0, 0.1) is 13.8 Å². The van der Waals surface area contributed by atoms with Gasteiger partial charge in [0.2, 0.25) is 0 Å². The SMILES string of the molecule is Cc1cccc(C)c1-c1cc2c3c(c1)N(c1ccc4c(c1)C(C)(C)CCC4(C)C)c1c(sc4cc(C(C)(C)C)ccc14)B3c1cc(C(C)(C)C)ccc1N2c1ccc(C(C)(C)C)cc1-c1ccc(C(C)(C)C)cc1. The van der Waals surface area contributed by atoms with Crippen molar-refractivity contribution in [2.24, 2.45) is 0 Å². The molecule has 378 valence electrons. The number of benzene rings is 7. The number of rotatable bonds is 4. The van der Waals surface area contributed by atoms with Gasteiger partial charge in [0, 0.05) is 43.2 Å². The van der Waals surface area contributed by atoms with Crippen LogP contribution in [0.2, 0.25) is 0 Å². The highest BCUT2D eigenvalue weighted by molar-refractivity contribution is 7.33. The van der Waals surface area contributed by atoms with Crippen LogP contribution in [0.1, 0.15) is 168 Å². The van der Waals surface area contributed by atoms with E-state index in [-0.39, 0.29) is 39.2 Å². The standard InChI is InChI=1S/C70H79BN2S/c1-42-20-19-21-43(2)61(42)45-36-58-62-59(37-45)73(56-32-27-47(66(6,7)8)38-52(56)44-22-24-46(25-23-44)65(3,4)5)57-33-28-48(67(9,10)11)39-55(57)71(62)64-63(51-30-26-49(68(12,13)14)40-60(51)74-64)72(58)50-29-31-53-54(41-50)70(17,18)35-34-69(53,15)16/h19-33,36-41H,34-35H2,1-18H3. The van der Waals surface area contributed by atoms with E-state index in [2.05, 4.69) is 262 Å². The van der Waals surface area contributed by atoms with Crippen LogP contribution in [0.15, 0.2) is 127 Å². The number of aryl methyl sites for hydroxylation is 2. The minimum absolute atomic E-state index is 0.00123. The number of hydrogen-bond donors (Lipinski definition) is 0. The van der Waals surface area contributed by atoms with E-state index >= 15 is 0 Å². The molecule has 2 aliphatic heterocycles. The summed E-state index contributed by atoms with van der Waals surface area (Å²) in [6, 6.07) is 51.2. The predicted molar refractivity (Wildman–Crippen MR) is 326 cm³/mol. The monoisotopic (exact) mass is 991 g/mol. The molecule has 8 aromatic rings. The van der Waals surface area contributed by atoms with Gasteiger partial charge < -0.3 is 9.80 Å². The number of anilines is 6. The minimum atomic E-state index is -0.0570. The molecule has 1 aliphatic carbocycles.